The van der Waals surface area contributed by atoms with E-state index in [1.807, 2.05) is 24.1 Å². The van der Waals surface area contributed by atoms with Gasteiger partial charge >= 0.3 is 0 Å². The van der Waals surface area contributed by atoms with Crippen molar-refractivity contribution in [1.29, 1.82) is 0 Å². The van der Waals surface area contributed by atoms with Gasteiger partial charge in [-0.3, -0.25) is 4.90 Å². The van der Waals surface area contributed by atoms with Gasteiger partial charge in [0.15, 0.2) is 9.84 Å². The molecule has 0 saturated heterocycles. The first-order valence-electron chi connectivity index (χ1n) is 6.17. The van der Waals surface area contributed by atoms with E-state index in [2.05, 4.69) is 0 Å². The summed E-state index contributed by atoms with van der Waals surface area (Å²) in [6.45, 7) is 1.49. The minimum Gasteiger partial charge on any atom is -0.395 e. The molecule has 18 heavy (non-hydrogen) atoms. The summed E-state index contributed by atoms with van der Waals surface area (Å²) in [6.07, 6.45) is 1.55. The molecule has 0 radical (unpaired) electrons. The van der Waals surface area contributed by atoms with Crippen LogP contribution in [0.25, 0.3) is 0 Å². The van der Waals surface area contributed by atoms with Crippen LogP contribution < -0.4 is 0 Å². The van der Waals surface area contributed by atoms with Gasteiger partial charge in [0, 0.05) is 13.1 Å². The lowest BCUT2D eigenvalue weighted by atomic mass is 10.1. The van der Waals surface area contributed by atoms with E-state index >= 15 is 0 Å². The van der Waals surface area contributed by atoms with E-state index < -0.39 is 9.84 Å². The van der Waals surface area contributed by atoms with Crippen LogP contribution in [0.2, 0.25) is 0 Å². The van der Waals surface area contributed by atoms with Gasteiger partial charge in [-0.1, -0.05) is 12.1 Å². The maximum atomic E-state index is 11.9. The van der Waals surface area contributed by atoms with Crippen LogP contribution in [0.4, 0.5) is 0 Å². The Morgan fingerprint density at radius 3 is 2.89 bits per heavy atom. The average molecular weight is 269 g/mol. The van der Waals surface area contributed by atoms with E-state index in [0.717, 1.165) is 24.1 Å². The van der Waals surface area contributed by atoms with Crippen molar-refractivity contribution in [2.24, 2.45) is 0 Å². The summed E-state index contributed by atoms with van der Waals surface area (Å²) in [5.74, 6) is 0.268. The summed E-state index contributed by atoms with van der Waals surface area (Å²) in [7, 11) is -1.11. The molecule has 1 heterocycles. The Labute approximate surface area is 108 Å². The first kappa shape index (κ1) is 13.5. The van der Waals surface area contributed by atoms with Gasteiger partial charge in [-0.2, -0.15) is 0 Å². The van der Waals surface area contributed by atoms with Crippen LogP contribution >= 0.6 is 0 Å². The highest BCUT2D eigenvalue weighted by molar-refractivity contribution is 7.91. The molecule has 0 saturated carbocycles. The van der Waals surface area contributed by atoms with Crippen molar-refractivity contribution in [3.05, 3.63) is 29.3 Å². The number of aliphatic hydroxyl groups excluding tert-OH is 1. The minimum atomic E-state index is -3.05. The highest BCUT2D eigenvalue weighted by Crippen LogP contribution is 2.26. The predicted molar refractivity (Wildman–Crippen MR) is 70.2 cm³/mol. The first-order valence-corrected chi connectivity index (χ1v) is 7.82. The third kappa shape index (κ3) is 2.91. The largest absolute Gasteiger partial charge is 0.395 e. The number of fused-ring (bicyclic) bond motifs is 1. The Hall–Kier alpha value is -0.910. The zero-order valence-electron chi connectivity index (χ0n) is 10.6. The lowest BCUT2D eigenvalue weighted by Crippen LogP contribution is -2.22. The summed E-state index contributed by atoms with van der Waals surface area (Å²) in [4.78, 5) is 2.52. The van der Waals surface area contributed by atoms with Gasteiger partial charge in [0.25, 0.3) is 0 Å². The van der Waals surface area contributed by atoms with E-state index in [1.54, 1.807) is 6.07 Å². The lowest BCUT2D eigenvalue weighted by molar-refractivity contribution is 0.217. The second-order valence-electron chi connectivity index (χ2n) is 4.83. The maximum Gasteiger partial charge on any atom is 0.178 e. The number of hydrogen-bond donors (Lipinski definition) is 1. The van der Waals surface area contributed by atoms with Gasteiger partial charge in [-0.15, -0.1) is 0 Å². The van der Waals surface area contributed by atoms with Gasteiger partial charge in [-0.05, 0) is 37.1 Å². The molecule has 5 heteroatoms. The highest BCUT2D eigenvalue weighted by Gasteiger charge is 2.23. The van der Waals surface area contributed by atoms with Gasteiger partial charge in [-0.25, -0.2) is 8.42 Å². The van der Waals surface area contributed by atoms with Crippen LogP contribution in [0.3, 0.4) is 0 Å². The Morgan fingerprint density at radius 2 is 2.17 bits per heavy atom. The standard InChI is InChI=1S/C13H19NO3S/c1-14(6-7-15)10-11-4-5-13-12(9-11)3-2-8-18(13,16)17/h4-5,9,15H,2-3,6-8,10H2,1H3. The maximum absolute atomic E-state index is 11.9. The molecule has 1 aliphatic heterocycles. The average Bonchev–Trinajstić information content (AvgIpc) is 2.28. The van der Waals surface area contributed by atoms with Crippen LogP contribution in [0.1, 0.15) is 17.5 Å². The molecular formula is C13H19NO3S. The Kier molecular flexibility index (Phi) is 4.04. The van der Waals surface area contributed by atoms with Crippen molar-refractivity contribution in [1.82, 2.24) is 4.90 Å². The number of aliphatic hydroxyl groups is 1. The summed E-state index contributed by atoms with van der Waals surface area (Å²) in [5, 5.41) is 8.85. The summed E-state index contributed by atoms with van der Waals surface area (Å²) in [5.41, 5.74) is 2.04. The smallest absolute Gasteiger partial charge is 0.178 e. The zero-order chi connectivity index (χ0) is 13.2. The molecule has 0 spiro atoms. The Bertz CT molecular complexity index is 525. The van der Waals surface area contributed by atoms with Crippen LogP contribution in [-0.2, 0) is 22.8 Å². The topological polar surface area (TPSA) is 57.6 Å². The molecule has 0 atom stereocenters. The van der Waals surface area contributed by atoms with Gasteiger partial charge < -0.3 is 5.11 Å². The van der Waals surface area contributed by atoms with Crippen molar-refractivity contribution in [3.8, 4) is 0 Å². The first-order chi connectivity index (χ1) is 8.53. The summed E-state index contributed by atoms with van der Waals surface area (Å²) in [6, 6.07) is 5.58. The number of aryl methyl sites for hydroxylation is 1. The number of nitrogens with zero attached hydrogens (tertiary/aromatic N) is 1. The number of likely N-dealkylation sites (N-methyl/N-ethyl adjacent to an activating group) is 1. The van der Waals surface area contributed by atoms with E-state index in [-0.39, 0.29) is 12.4 Å². The minimum absolute atomic E-state index is 0.135. The number of hydrogen-bond acceptors (Lipinski definition) is 4. The quantitative estimate of drug-likeness (QED) is 0.879. The van der Waals surface area contributed by atoms with Crippen LogP contribution in [0, 0.1) is 0 Å². The normalized spacial score (nSPS) is 17.7. The Morgan fingerprint density at radius 1 is 1.39 bits per heavy atom. The molecule has 0 aromatic heterocycles. The third-order valence-electron chi connectivity index (χ3n) is 3.25. The SMILES string of the molecule is CN(CCO)Cc1ccc2c(c1)CCCS2(=O)=O. The lowest BCUT2D eigenvalue weighted by Gasteiger charge is -2.19. The monoisotopic (exact) mass is 269 g/mol. The number of benzene rings is 1. The van der Waals surface area contributed by atoms with Crippen molar-refractivity contribution >= 4 is 9.84 Å². The molecule has 1 aliphatic rings. The van der Waals surface area contributed by atoms with E-state index in [9.17, 15) is 8.42 Å². The second kappa shape index (κ2) is 5.38. The summed E-state index contributed by atoms with van der Waals surface area (Å²) < 4.78 is 23.7. The van der Waals surface area contributed by atoms with Gasteiger partial charge in [0.1, 0.15) is 0 Å². The van der Waals surface area contributed by atoms with E-state index in [4.69, 9.17) is 5.11 Å². The molecule has 1 N–H and O–H groups in total. The number of rotatable bonds is 4. The molecule has 2 rings (SSSR count). The predicted octanol–water partition coefficient (Wildman–Crippen LogP) is 0.831. The van der Waals surface area contributed by atoms with Crippen molar-refractivity contribution in [2.75, 3.05) is 26.0 Å². The molecule has 0 aliphatic carbocycles. The van der Waals surface area contributed by atoms with Crippen molar-refractivity contribution in [3.63, 3.8) is 0 Å². The van der Waals surface area contributed by atoms with Crippen LogP contribution in [0.5, 0.6) is 0 Å². The second-order valence-corrected chi connectivity index (χ2v) is 6.90. The fourth-order valence-corrected chi connectivity index (χ4v) is 3.93. The van der Waals surface area contributed by atoms with Crippen LogP contribution in [0.15, 0.2) is 23.1 Å². The molecule has 0 bridgehead atoms. The number of sulfone groups is 1. The molecule has 0 unspecified atom stereocenters. The molecule has 1 aromatic carbocycles. The van der Waals surface area contributed by atoms with Crippen molar-refractivity contribution < 1.29 is 13.5 Å². The molecule has 1 aromatic rings. The molecular weight excluding hydrogens is 250 g/mol. The zero-order valence-corrected chi connectivity index (χ0v) is 11.4. The highest BCUT2D eigenvalue weighted by atomic mass is 32.2. The van der Waals surface area contributed by atoms with E-state index in [1.165, 1.54) is 0 Å². The van der Waals surface area contributed by atoms with E-state index in [0.29, 0.717) is 17.9 Å². The molecule has 0 amide bonds. The van der Waals surface area contributed by atoms with Gasteiger partial charge in [0.2, 0.25) is 0 Å². The fraction of sp³-hybridized carbons (Fsp3) is 0.538. The third-order valence-corrected chi connectivity index (χ3v) is 5.15. The van der Waals surface area contributed by atoms with Gasteiger partial charge in [0.05, 0.1) is 17.3 Å². The Balaban J connectivity index is 2.22. The fourth-order valence-electron chi connectivity index (χ4n) is 2.35. The molecule has 100 valence electrons. The van der Waals surface area contributed by atoms with Crippen molar-refractivity contribution in [2.45, 2.75) is 24.3 Å². The van der Waals surface area contributed by atoms with Crippen LogP contribution in [-0.4, -0.2) is 44.4 Å². The summed E-state index contributed by atoms with van der Waals surface area (Å²) >= 11 is 0. The molecule has 4 nitrogen and oxygen atoms in total. The molecule has 0 fully saturated rings.